The third-order valence-electron chi connectivity index (χ3n) is 2.61. The fourth-order valence-electron chi connectivity index (χ4n) is 1.71. The van der Waals surface area contributed by atoms with Crippen LogP contribution in [0.1, 0.15) is 11.1 Å². The number of aromatic nitrogens is 2. The number of benzene rings is 1. The van der Waals surface area contributed by atoms with Crippen molar-refractivity contribution in [3.63, 3.8) is 0 Å². The summed E-state index contributed by atoms with van der Waals surface area (Å²) in [6.45, 7) is 2.65. The van der Waals surface area contributed by atoms with E-state index >= 15 is 0 Å². The van der Waals surface area contributed by atoms with Gasteiger partial charge in [0.2, 0.25) is 0 Å². The Balaban J connectivity index is 1.90. The van der Waals surface area contributed by atoms with Gasteiger partial charge in [-0.05, 0) is 36.2 Å². The zero-order chi connectivity index (χ0) is 12.3. The minimum atomic E-state index is 0.649. The molecule has 0 bridgehead atoms. The molecule has 0 atom stereocenters. The van der Waals surface area contributed by atoms with Crippen molar-refractivity contribution in [1.29, 1.82) is 0 Å². The number of anilines is 1. The molecule has 1 heterocycles. The summed E-state index contributed by atoms with van der Waals surface area (Å²) < 4.78 is 7.51. The molecule has 0 amide bonds. The summed E-state index contributed by atoms with van der Waals surface area (Å²) in [6, 6.07) is 5.68. The van der Waals surface area contributed by atoms with Gasteiger partial charge in [0, 0.05) is 25.4 Å². The number of ether oxygens (including phenoxy) is 1. The lowest BCUT2D eigenvalue weighted by Crippen LogP contribution is -2.02. The summed E-state index contributed by atoms with van der Waals surface area (Å²) >= 11 is 0. The standard InChI is InChI=1S/C13H17N3O/c1-10-7-12(14)3-4-13(10)17-6-5-11-8-15-16(2)9-11/h3-4,7-9H,5-6,14H2,1-2H3. The molecular weight excluding hydrogens is 214 g/mol. The van der Waals surface area contributed by atoms with Gasteiger partial charge in [0.05, 0.1) is 12.8 Å². The predicted octanol–water partition coefficient (Wildman–Crippen LogP) is 1.93. The second kappa shape index (κ2) is 4.91. The van der Waals surface area contributed by atoms with Crippen molar-refractivity contribution in [3.05, 3.63) is 41.7 Å². The zero-order valence-corrected chi connectivity index (χ0v) is 10.2. The second-order valence-electron chi connectivity index (χ2n) is 4.15. The topological polar surface area (TPSA) is 53.1 Å². The third-order valence-corrected chi connectivity index (χ3v) is 2.61. The number of hydrogen-bond acceptors (Lipinski definition) is 3. The van der Waals surface area contributed by atoms with E-state index in [0.29, 0.717) is 6.61 Å². The van der Waals surface area contributed by atoms with Gasteiger partial charge in [-0.3, -0.25) is 4.68 Å². The Hall–Kier alpha value is -1.97. The predicted molar refractivity (Wildman–Crippen MR) is 68.0 cm³/mol. The van der Waals surface area contributed by atoms with Crippen LogP contribution in [0.2, 0.25) is 0 Å². The highest BCUT2D eigenvalue weighted by Crippen LogP contribution is 2.20. The minimum absolute atomic E-state index is 0.649. The van der Waals surface area contributed by atoms with Crippen LogP contribution < -0.4 is 10.5 Å². The van der Waals surface area contributed by atoms with E-state index in [1.165, 1.54) is 5.56 Å². The summed E-state index contributed by atoms with van der Waals surface area (Å²) in [6.07, 6.45) is 4.72. The van der Waals surface area contributed by atoms with E-state index in [9.17, 15) is 0 Å². The summed E-state index contributed by atoms with van der Waals surface area (Å²) in [4.78, 5) is 0. The largest absolute Gasteiger partial charge is 0.493 e. The molecule has 0 fully saturated rings. The number of hydrogen-bond donors (Lipinski definition) is 1. The average molecular weight is 231 g/mol. The fourth-order valence-corrected chi connectivity index (χ4v) is 1.71. The molecule has 90 valence electrons. The third kappa shape index (κ3) is 3.00. The first kappa shape index (κ1) is 11.5. The van der Waals surface area contributed by atoms with Gasteiger partial charge < -0.3 is 10.5 Å². The molecule has 2 rings (SSSR count). The monoisotopic (exact) mass is 231 g/mol. The van der Waals surface area contributed by atoms with E-state index in [1.807, 2.05) is 44.6 Å². The molecule has 4 heteroatoms. The molecule has 17 heavy (non-hydrogen) atoms. The summed E-state index contributed by atoms with van der Waals surface area (Å²) in [7, 11) is 1.91. The van der Waals surface area contributed by atoms with E-state index in [2.05, 4.69) is 5.10 Å². The van der Waals surface area contributed by atoms with E-state index in [1.54, 1.807) is 4.68 Å². The lowest BCUT2D eigenvalue weighted by molar-refractivity contribution is 0.320. The molecule has 0 radical (unpaired) electrons. The molecule has 0 aliphatic heterocycles. The van der Waals surface area contributed by atoms with Crippen LogP contribution in [0.15, 0.2) is 30.6 Å². The van der Waals surface area contributed by atoms with Crippen molar-refractivity contribution in [2.45, 2.75) is 13.3 Å². The highest BCUT2D eigenvalue weighted by Gasteiger charge is 2.01. The Morgan fingerprint density at radius 2 is 2.24 bits per heavy atom. The molecular formula is C13H17N3O. The van der Waals surface area contributed by atoms with Crippen molar-refractivity contribution < 1.29 is 4.74 Å². The Morgan fingerprint density at radius 1 is 1.41 bits per heavy atom. The van der Waals surface area contributed by atoms with Gasteiger partial charge >= 0.3 is 0 Å². The lowest BCUT2D eigenvalue weighted by atomic mass is 10.2. The summed E-state index contributed by atoms with van der Waals surface area (Å²) in [5, 5.41) is 4.12. The maximum absolute atomic E-state index is 5.71. The first-order valence-corrected chi connectivity index (χ1v) is 5.61. The zero-order valence-electron chi connectivity index (χ0n) is 10.2. The van der Waals surface area contributed by atoms with Gasteiger partial charge in [-0.2, -0.15) is 5.10 Å². The quantitative estimate of drug-likeness (QED) is 0.818. The van der Waals surface area contributed by atoms with Gasteiger partial charge in [-0.15, -0.1) is 0 Å². The van der Waals surface area contributed by atoms with E-state index in [0.717, 1.165) is 23.4 Å². The highest BCUT2D eigenvalue weighted by molar-refractivity contribution is 5.47. The van der Waals surface area contributed by atoms with Crippen molar-refractivity contribution >= 4 is 5.69 Å². The van der Waals surface area contributed by atoms with E-state index < -0.39 is 0 Å². The Kier molecular flexibility index (Phi) is 3.32. The van der Waals surface area contributed by atoms with Crippen molar-refractivity contribution in [2.75, 3.05) is 12.3 Å². The first-order chi connectivity index (χ1) is 8.15. The van der Waals surface area contributed by atoms with Crippen LogP contribution >= 0.6 is 0 Å². The number of aryl methyl sites for hydroxylation is 2. The fraction of sp³-hybridized carbons (Fsp3) is 0.308. The van der Waals surface area contributed by atoms with E-state index in [-0.39, 0.29) is 0 Å². The van der Waals surface area contributed by atoms with Crippen LogP contribution in [0.5, 0.6) is 5.75 Å². The average Bonchev–Trinajstić information content (AvgIpc) is 2.68. The molecule has 0 saturated heterocycles. The molecule has 2 N–H and O–H groups in total. The second-order valence-corrected chi connectivity index (χ2v) is 4.15. The van der Waals surface area contributed by atoms with Crippen LogP contribution in [-0.4, -0.2) is 16.4 Å². The summed E-state index contributed by atoms with van der Waals surface area (Å²) in [5.74, 6) is 0.892. The number of rotatable bonds is 4. The Labute approximate surface area is 101 Å². The smallest absolute Gasteiger partial charge is 0.122 e. The lowest BCUT2D eigenvalue weighted by Gasteiger charge is -2.08. The van der Waals surface area contributed by atoms with Crippen molar-refractivity contribution in [3.8, 4) is 5.75 Å². The van der Waals surface area contributed by atoms with Gasteiger partial charge in [-0.1, -0.05) is 0 Å². The number of nitrogen functional groups attached to an aromatic ring is 1. The van der Waals surface area contributed by atoms with Gasteiger partial charge in [-0.25, -0.2) is 0 Å². The maximum atomic E-state index is 5.71. The molecule has 1 aromatic heterocycles. The summed E-state index contributed by atoms with van der Waals surface area (Å²) in [5.41, 5.74) is 8.70. The number of nitrogens with zero attached hydrogens (tertiary/aromatic N) is 2. The first-order valence-electron chi connectivity index (χ1n) is 5.61. The molecule has 0 saturated carbocycles. The van der Waals surface area contributed by atoms with Gasteiger partial charge in [0.15, 0.2) is 0 Å². The van der Waals surface area contributed by atoms with Crippen LogP contribution in [0.25, 0.3) is 0 Å². The Morgan fingerprint density at radius 3 is 2.88 bits per heavy atom. The minimum Gasteiger partial charge on any atom is -0.493 e. The molecule has 4 nitrogen and oxygen atoms in total. The SMILES string of the molecule is Cc1cc(N)ccc1OCCc1cnn(C)c1. The molecule has 0 spiro atoms. The molecule has 1 aromatic carbocycles. The molecule has 0 aliphatic rings. The van der Waals surface area contributed by atoms with Crippen molar-refractivity contribution in [1.82, 2.24) is 9.78 Å². The normalized spacial score (nSPS) is 10.5. The highest BCUT2D eigenvalue weighted by atomic mass is 16.5. The van der Waals surface area contributed by atoms with Crippen LogP contribution in [0.4, 0.5) is 5.69 Å². The van der Waals surface area contributed by atoms with Crippen LogP contribution in [0, 0.1) is 6.92 Å². The Bertz CT molecular complexity index is 505. The molecule has 0 aliphatic carbocycles. The molecule has 0 unspecified atom stereocenters. The molecule has 2 aromatic rings. The van der Waals surface area contributed by atoms with Gasteiger partial charge in [0.25, 0.3) is 0 Å². The number of nitrogens with two attached hydrogens (primary N) is 1. The van der Waals surface area contributed by atoms with Gasteiger partial charge in [0.1, 0.15) is 5.75 Å². The maximum Gasteiger partial charge on any atom is 0.122 e. The van der Waals surface area contributed by atoms with Crippen LogP contribution in [0.3, 0.4) is 0 Å². The van der Waals surface area contributed by atoms with Crippen molar-refractivity contribution in [2.24, 2.45) is 7.05 Å². The van der Waals surface area contributed by atoms with Crippen LogP contribution in [-0.2, 0) is 13.5 Å². The van der Waals surface area contributed by atoms with E-state index in [4.69, 9.17) is 10.5 Å².